The van der Waals surface area contributed by atoms with Gasteiger partial charge in [0.15, 0.2) is 16.9 Å². The summed E-state index contributed by atoms with van der Waals surface area (Å²) in [6.07, 6.45) is 6.12. The Morgan fingerprint density at radius 2 is 1.61 bits per heavy atom. The van der Waals surface area contributed by atoms with E-state index in [-0.39, 0.29) is 0 Å². The number of esters is 1. The molecule has 0 radical (unpaired) electrons. The number of hydrogen-bond donors (Lipinski definition) is 0. The van der Waals surface area contributed by atoms with E-state index in [1.165, 1.54) is 11.3 Å². The SMILES string of the molecule is Cc1nc(-c2ncccn2)sc1C(=O)O[C@H](c1ccccc1)c1ccncc1. The molecular formula is C21H16N4O2S. The average Bonchev–Trinajstić information content (AvgIpc) is 3.15. The molecule has 3 heterocycles. The van der Waals surface area contributed by atoms with Crippen LogP contribution in [0, 0.1) is 6.92 Å². The predicted molar refractivity (Wildman–Crippen MR) is 106 cm³/mol. The molecule has 0 bridgehead atoms. The molecule has 0 amide bonds. The van der Waals surface area contributed by atoms with Crippen LogP contribution in [0.25, 0.3) is 10.8 Å². The van der Waals surface area contributed by atoms with Crippen LogP contribution in [-0.4, -0.2) is 25.9 Å². The van der Waals surface area contributed by atoms with Crippen LogP contribution in [0.15, 0.2) is 73.3 Å². The number of rotatable bonds is 5. The van der Waals surface area contributed by atoms with Gasteiger partial charge in [-0.2, -0.15) is 0 Å². The summed E-state index contributed by atoms with van der Waals surface area (Å²) in [6, 6.07) is 15.0. The minimum atomic E-state index is -0.533. The second-order valence-electron chi connectivity index (χ2n) is 5.98. The normalized spacial score (nSPS) is 11.8. The van der Waals surface area contributed by atoms with E-state index < -0.39 is 12.1 Å². The van der Waals surface area contributed by atoms with Crippen LogP contribution in [0.4, 0.5) is 0 Å². The smallest absolute Gasteiger partial charge is 0.351 e. The van der Waals surface area contributed by atoms with E-state index in [1.807, 2.05) is 42.5 Å². The van der Waals surface area contributed by atoms with Crippen molar-refractivity contribution in [2.45, 2.75) is 13.0 Å². The maximum Gasteiger partial charge on any atom is 0.351 e. The molecule has 7 heteroatoms. The Balaban J connectivity index is 1.65. The number of hydrogen-bond acceptors (Lipinski definition) is 7. The van der Waals surface area contributed by atoms with Gasteiger partial charge in [-0.3, -0.25) is 4.98 Å². The summed E-state index contributed by atoms with van der Waals surface area (Å²) in [7, 11) is 0. The third kappa shape index (κ3) is 3.79. The molecule has 1 aromatic carbocycles. The fourth-order valence-electron chi connectivity index (χ4n) is 2.75. The second kappa shape index (κ2) is 8.06. The summed E-state index contributed by atoms with van der Waals surface area (Å²) in [6.45, 7) is 1.78. The molecule has 138 valence electrons. The first kappa shape index (κ1) is 17.9. The summed E-state index contributed by atoms with van der Waals surface area (Å²) in [5, 5.41) is 0.588. The Bertz CT molecular complexity index is 1030. The number of aryl methyl sites for hydroxylation is 1. The van der Waals surface area contributed by atoms with Crippen molar-refractivity contribution in [1.29, 1.82) is 0 Å². The molecule has 0 aliphatic rings. The fraction of sp³-hybridized carbons (Fsp3) is 0.0952. The van der Waals surface area contributed by atoms with Crippen LogP contribution in [0.1, 0.15) is 32.6 Å². The van der Waals surface area contributed by atoms with Crippen LogP contribution < -0.4 is 0 Å². The molecule has 0 aliphatic carbocycles. The lowest BCUT2D eigenvalue weighted by Crippen LogP contribution is -2.13. The highest BCUT2D eigenvalue weighted by Crippen LogP contribution is 2.30. The van der Waals surface area contributed by atoms with Gasteiger partial charge in [0.25, 0.3) is 0 Å². The molecule has 1 atom stereocenters. The second-order valence-corrected chi connectivity index (χ2v) is 6.98. The topological polar surface area (TPSA) is 77.9 Å². The molecule has 0 fully saturated rings. The lowest BCUT2D eigenvalue weighted by atomic mass is 10.0. The molecule has 4 rings (SSSR count). The molecule has 4 aromatic rings. The van der Waals surface area contributed by atoms with Crippen molar-refractivity contribution in [3.8, 4) is 10.8 Å². The Labute approximate surface area is 165 Å². The highest BCUT2D eigenvalue weighted by atomic mass is 32.1. The van der Waals surface area contributed by atoms with E-state index >= 15 is 0 Å². The van der Waals surface area contributed by atoms with Crippen LogP contribution in [-0.2, 0) is 4.74 Å². The lowest BCUT2D eigenvalue weighted by Gasteiger charge is -2.18. The average molecular weight is 388 g/mol. The summed E-state index contributed by atoms with van der Waals surface area (Å²) >= 11 is 1.23. The zero-order valence-electron chi connectivity index (χ0n) is 15.0. The van der Waals surface area contributed by atoms with Crippen molar-refractivity contribution >= 4 is 17.3 Å². The van der Waals surface area contributed by atoms with Gasteiger partial charge in [0.1, 0.15) is 4.88 Å². The molecular weight excluding hydrogens is 372 g/mol. The van der Waals surface area contributed by atoms with Gasteiger partial charge < -0.3 is 4.74 Å². The summed E-state index contributed by atoms with van der Waals surface area (Å²) in [5.74, 6) is 0.0613. The lowest BCUT2D eigenvalue weighted by molar-refractivity contribution is 0.0382. The predicted octanol–water partition coefficient (Wildman–Crippen LogP) is 4.25. The highest BCUT2D eigenvalue weighted by molar-refractivity contribution is 7.16. The molecule has 0 aliphatic heterocycles. The number of pyridine rings is 1. The zero-order chi connectivity index (χ0) is 19.3. The first-order valence-corrected chi connectivity index (χ1v) is 9.44. The Kier molecular flexibility index (Phi) is 5.16. The third-order valence-corrected chi connectivity index (χ3v) is 5.21. The largest absolute Gasteiger partial charge is 0.448 e. The van der Waals surface area contributed by atoms with Gasteiger partial charge in [0.05, 0.1) is 5.69 Å². The first-order chi connectivity index (χ1) is 13.7. The Morgan fingerprint density at radius 1 is 0.929 bits per heavy atom. The van der Waals surface area contributed by atoms with Gasteiger partial charge in [-0.1, -0.05) is 30.3 Å². The number of carbonyl (C=O) groups is 1. The van der Waals surface area contributed by atoms with Gasteiger partial charge in [-0.05, 0) is 30.7 Å². The van der Waals surface area contributed by atoms with E-state index in [2.05, 4.69) is 19.9 Å². The number of nitrogens with zero attached hydrogens (tertiary/aromatic N) is 4. The molecule has 0 N–H and O–H groups in total. The van der Waals surface area contributed by atoms with E-state index in [0.29, 0.717) is 21.4 Å². The van der Waals surface area contributed by atoms with Gasteiger partial charge >= 0.3 is 5.97 Å². The maximum absolute atomic E-state index is 13.0. The fourth-order valence-corrected chi connectivity index (χ4v) is 3.64. The van der Waals surface area contributed by atoms with Crippen molar-refractivity contribution in [2.24, 2.45) is 0 Å². The standard InChI is InChI=1S/C21H16N4O2S/c1-14-18(28-20(25-14)19-23-10-5-11-24-19)21(26)27-17(15-6-3-2-4-7-15)16-8-12-22-13-9-16/h2-13,17H,1H3/t17-/m1/s1. The number of aromatic nitrogens is 4. The molecule has 0 saturated heterocycles. The molecule has 6 nitrogen and oxygen atoms in total. The molecule has 3 aromatic heterocycles. The number of benzene rings is 1. The molecule has 0 unspecified atom stereocenters. The minimum Gasteiger partial charge on any atom is -0.448 e. The van der Waals surface area contributed by atoms with E-state index in [9.17, 15) is 4.79 Å². The summed E-state index contributed by atoms with van der Waals surface area (Å²) < 4.78 is 5.90. The van der Waals surface area contributed by atoms with Crippen molar-refractivity contribution in [1.82, 2.24) is 19.9 Å². The van der Waals surface area contributed by atoms with Gasteiger partial charge in [-0.25, -0.2) is 19.7 Å². The summed E-state index contributed by atoms with van der Waals surface area (Å²) in [5.41, 5.74) is 2.33. The van der Waals surface area contributed by atoms with Crippen LogP contribution in [0.3, 0.4) is 0 Å². The van der Waals surface area contributed by atoms with Gasteiger partial charge in [0.2, 0.25) is 0 Å². The third-order valence-electron chi connectivity index (χ3n) is 4.08. The Morgan fingerprint density at radius 3 is 2.32 bits per heavy atom. The zero-order valence-corrected chi connectivity index (χ0v) is 15.8. The van der Waals surface area contributed by atoms with Crippen LogP contribution in [0.2, 0.25) is 0 Å². The molecule has 28 heavy (non-hydrogen) atoms. The van der Waals surface area contributed by atoms with Crippen molar-refractivity contribution < 1.29 is 9.53 Å². The number of carbonyl (C=O) groups excluding carboxylic acids is 1. The van der Waals surface area contributed by atoms with Crippen molar-refractivity contribution in [3.05, 3.63) is 95.0 Å². The van der Waals surface area contributed by atoms with Crippen molar-refractivity contribution in [2.75, 3.05) is 0 Å². The minimum absolute atomic E-state index is 0.428. The monoisotopic (exact) mass is 388 g/mol. The Hall–Kier alpha value is -3.45. The van der Waals surface area contributed by atoms with Gasteiger partial charge in [0, 0.05) is 30.4 Å². The van der Waals surface area contributed by atoms with Gasteiger partial charge in [-0.15, -0.1) is 11.3 Å². The quantitative estimate of drug-likeness (QED) is 0.476. The van der Waals surface area contributed by atoms with Crippen LogP contribution >= 0.6 is 11.3 Å². The number of ether oxygens (including phenoxy) is 1. The van der Waals surface area contributed by atoms with Crippen molar-refractivity contribution in [3.63, 3.8) is 0 Å². The molecule has 0 saturated carbocycles. The van der Waals surface area contributed by atoms with E-state index in [0.717, 1.165) is 11.1 Å². The maximum atomic E-state index is 13.0. The first-order valence-electron chi connectivity index (χ1n) is 8.63. The highest BCUT2D eigenvalue weighted by Gasteiger charge is 2.24. The van der Waals surface area contributed by atoms with Crippen LogP contribution in [0.5, 0.6) is 0 Å². The number of thiazole rings is 1. The molecule has 0 spiro atoms. The summed E-state index contributed by atoms with van der Waals surface area (Å²) in [4.78, 5) is 30.3. The van der Waals surface area contributed by atoms with E-state index in [4.69, 9.17) is 4.74 Å². The van der Waals surface area contributed by atoms with E-state index in [1.54, 1.807) is 37.8 Å².